The van der Waals surface area contributed by atoms with Crippen molar-refractivity contribution in [2.24, 2.45) is 0 Å². The van der Waals surface area contributed by atoms with Crippen LogP contribution in [0.1, 0.15) is 26.2 Å². The van der Waals surface area contributed by atoms with Crippen molar-refractivity contribution >= 4 is 29.2 Å². The van der Waals surface area contributed by atoms with Crippen LogP contribution in [-0.2, 0) is 19.1 Å². The van der Waals surface area contributed by atoms with Crippen LogP contribution < -0.4 is 9.80 Å². The Kier molecular flexibility index (Phi) is 5.91. The van der Waals surface area contributed by atoms with Gasteiger partial charge in [0.05, 0.1) is 18.8 Å². The van der Waals surface area contributed by atoms with Crippen LogP contribution >= 0.6 is 0 Å². The summed E-state index contributed by atoms with van der Waals surface area (Å²) in [5, 5.41) is 0. The van der Waals surface area contributed by atoms with Gasteiger partial charge in [-0.3, -0.25) is 9.69 Å². The van der Waals surface area contributed by atoms with E-state index in [4.69, 9.17) is 9.47 Å². The van der Waals surface area contributed by atoms with Gasteiger partial charge in [-0.2, -0.15) is 0 Å². The molecule has 2 heterocycles. The molecule has 2 aliphatic heterocycles. The zero-order valence-corrected chi connectivity index (χ0v) is 15.3. The van der Waals surface area contributed by atoms with Crippen LogP contribution in [-0.4, -0.2) is 43.6 Å². The van der Waals surface area contributed by atoms with E-state index in [0.717, 1.165) is 23.5 Å². The molecule has 0 aliphatic carbocycles. The van der Waals surface area contributed by atoms with Crippen molar-refractivity contribution in [3.63, 3.8) is 0 Å². The van der Waals surface area contributed by atoms with Crippen LogP contribution in [0.2, 0.25) is 0 Å². The number of cyclic esters (lactones) is 1. The highest BCUT2D eigenvalue weighted by molar-refractivity contribution is 5.95. The molecular formula is C19H20F2N2O5. The lowest BCUT2D eigenvalue weighted by Gasteiger charge is -2.25. The van der Waals surface area contributed by atoms with E-state index in [1.54, 1.807) is 0 Å². The second-order valence-corrected chi connectivity index (χ2v) is 6.49. The summed E-state index contributed by atoms with van der Waals surface area (Å²) in [4.78, 5) is 37.5. The topological polar surface area (TPSA) is 76.2 Å². The first-order chi connectivity index (χ1) is 13.4. The van der Waals surface area contributed by atoms with Crippen molar-refractivity contribution < 1.29 is 32.6 Å². The Morgan fingerprint density at radius 2 is 2.00 bits per heavy atom. The third-order valence-electron chi connectivity index (χ3n) is 4.46. The van der Waals surface area contributed by atoms with Crippen LogP contribution in [0.25, 0.3) is 0 Å². The zero-order chi connectivity index (χ0) is 20.3. The average Bonchev–Trinajstić information content (AvgIpc) is 3.04. The van der Waals surface area contributed by atoms with Gasteiger partial charge >= 0.3 is 12.1 Å². The predicted molar refractivity (Wildman–Crippen MR) is 96.0 cm³/mol. The van der Waals surface area contributed by atoms with E-state index in [1.165, 1.54) is 17.2 Å². The molecule has 0 bridgehead atoms. The normalized spacial score (nSPS) is 19.2. The lowest BCUT2D eigenvalue weighted by atomic mass is 10.1. The van der Waals surface area contributed by atoms with Gasteiger partial charge in [-0.25, -0.2) is 18.4 Å². The number of halogens is 2. The van der Waals surface area contributed by atoms with E-state index < -0.39 is 29.8 Å². The maximum atomic E-state index is 14.6. The largest absolute Gasteiger partial charge is 0.463 e. The van der Waals surface area contributed by atoms with Gasteiger partial charge in [-0.15, -0.1) is 0 Å². The minimum atomic E-state index is -1.15. The molecular weight excluding hydrogens is 374 g/mol. The number of amides is 1. The van der Waals surface area contributed by atoms with Crippen LogP contribution in [0.4, 0.5) is 25.0 Å². The number of unbranched alkanes of at least 4 members (excludes halogenated alkanes) is 1. The highest BCUT2D eigenvalue weighted by atomic mass is 19.1. The van der Waals surface area contributed by atoms with Crippen LogP contribution in [0.15, 0.2) is 24.4 Å². The molecule has 0 radical (unpaired) electrons. The third kappa shape index (κ3) is 4.13. The number of hydrogen-bond acceptors (Lipinski definition) is 6. The number of nitrogens with zero attached hydrogens (tertiary/aromatic N) is 2. The number of esters is 1. The first-order valence-corrected chi connectivity index (χ1v) is 9.02. The minimum absolute atomic E-state index is 0.0651. The van der Waals surface area contributed by atoms with Crippen molar-refractivity contribution in [2.75, 3.05) is 29.5 Å². The first kappa shape index (κ1) is 19.8. The average molecular weight is 394 g/mol. The second-order valence-electron chi connectivity index (χ2n) is 6.49. The zero-order valence-electron chi connectivity index (χ0n) is 15.3. The molecule has 1 atom stereocenters. The monoisotopic (exact) mass is 394 g/mol. The lowest BCUT2D eigenvalue weighted by molar-refractivity contribution is -0.151. The van der Waals surface area contributed by atoms with Crippen molar-refractivity contribution in [3.05, 3.63) is 36.0 Å². The van der Waals surface area contributed by atoms with Crippen LogP contribution in [0.5, 0.6) is 0 Å². The highest BCUT2D eigenvalue weighted by Crippen LogP contribution is 2.32. The van der Waals surface area contributed by atoms with Gasteiger partial charge in [0.1, 0.15) is 5.69 Å². The van der Waals surface area contributed by atoms with Crippen molar-refractivity contribution in [1.82, 2.24) is 0 Å². The van der Waals surface area contributed by atoms with Crippen molar-refractivity contribution in [3.8, 4) is 0 Å². The molecule has 0 N–H and O–H groups in total. The molecule has 1 fully saturated rings. The standard InChI is InChI=1S/C19H20F2N2O5/c1-2-3-8-27-18(25)16-11-23(19(26)28-16)12-9-14(20)17(15(21)10-12)22-6-4-13(24)5-7-22/h4,6,9-10,16H,2-3,5,7-8,11H2,1H3/t16-/m1/s1. The molecule has 1 saturated heterocycles. The van der Waals surface area contributed by atoms with Crippen molar-refractivity contribution in [2.45, 2.75) is 32.3 Å². The smallest absolute Gasteiger partial charge is 0.415 e. The molecule has 28 heavy (non-hydrogen) atoms. The summed E-state index contributed by atoms with van der Waals surface area (Å²) in [7, 11) is 0. The fourth-order valence-corrected chi connectivity index (χ4v) is 2.94. The minimum Gasteiger partial charge on any atom is -0.463 e. The Balaban J connectivity index is 1.75. The molecule has 1 amide bonds. The summed E-state index contributed by atoms with van der Waals surface area (Å²) in [5.41, 5.74) is -0.375. The second kappa shape index (κ2) is 8.37. The van der Waals surface area contributed by atoms with Gasteiger partial charge in [0.25, 0.3) is 0 Å². The predicted octanol–water partition coefficient (Wildman–Crippen LogP) is 2.93. The number of benzene rings is 1. The molecule has 2 aliphatic rings. The molecule has 0 spiro atoms. The maximum Gasteiger partial charge on any atom is 0.415 e. The van der Waals surface area contributed by atoms with E-state index in [2.05, 4.69) is 0 Å². The van der Waals surface area contributed by atoms with Gasteiger partial charge < -0.3 is 14.4 Å². The lowest BCUT2D eigenvalue weighted by Crippen LogP contribution is -2.30. The van der Waals surface area contributed by atoms with Gasteiger partial charge in [-0.1, -0.05) is 13.3 Å². The van der Waals surface area contributed by atoms with E-state index in [1.807, 2.05) is 6.92 Å². The molecule has 1 aromatic rings. The number of anilines is 2. The fourth-order valence-electron chi connectivity index (χ4n) is 2.94. The number of ether oxygens (including phenoxy) is 2. The number of rotatable bonds is 6. The quantitative estimate of drug-likeness (QED) is 0.546. The molecule has 0 unspecified atom stereocenters. The summed E-state index contributed by atoms with van der Waals surface area (Å²) in [5.74, 6) is -2.60. The summed E-state index contributed by atoms with van der Waals surface area (Å²) in [6, 6.07) is 1.99. The summed E-state index contributed by atoms with van der Waals surface area (Å²) >= 11 is 0. The van der Waals surface area contributed by atoms with Gasteiger partial charge in [0.15, 0.2) is 17.4 Å². The Morgan fingerprint density at radius 1 is 1.29 bits per heavy atom. The Bertz CT molecular complexity index is 804. The molecule has 3 rings (SSSR count). The Labute approximate surface area is 160 Å². The molecule has 9 heteroatoms. The van der Waals surface area contributed by atoms with Crippen LogP contribution in [0.3, 0.4) is 0 Å². The van der Waals surface area contributed by atoms with E-state index in [0.29, 0.717) is 6.42 Å². The van der Waals surface area contributed by atoms with Crippen molar-refractivity contribution in [1.29, 1.82) is 0 Å². The molecule has 150 valence electrons. The van der Waals surface area contributed by atoms with Gasteiger partial charge in [-0.05, 0) is 12.5 Å². The first-order valence-electron chi connectivity index (χ1n) is 9.02. The van der Waals surface area contributed by atoms with Crippen LogP contribution in [0, 0.1) is 11.6 Å². The number of carbonyl (C=O) groups excluding carboxylic acids is 3. The fraction of sp³-hybridized carbons (Fsp3) is 0.421. The van der Waals surface area contributed by atoms with E-state index in [-0.39, 0.29) is 43.3 Å². The van der Waals surface area contributed by atoms with Gasteiger partial charge in [0, 0.05) is 31.3 Å². The number of ketones is 1. The molecule has 1 aromatic carbocycles. The number of hydrogen-bond donors (Lipinski definition) is 0. The molecule has 7 nitrogen and oxygen atoms in total. The SMILES string of the molecule is CCCCOC(=O)[C@H]1CN(c2cc(F)c(N3C=CC(=O)CC3)c(F)c2)C(=O)O1. The maximum absolute atomic E-state index is 14.6. The molecule has 0 saturated carbocycles. The van der Waals surface area contributed by atoms with E-state index >= 15 is 0 Å². The Morgan fingerprint density at radius 3 is 2.61 bits per heavy atom. The summed E-state index contributed by atoms with van der Waals surface area (Å²) in [6.45, 7) is 2.11. The summed E-state index contributed by atoms with van der Waals surface area (Å²) in [6.07, 6.45) is 2.22. The van der Waals surface area contributed by atoms with E-state index in [9.17, 15) is 23.2 Å². The Hall–Kier alpha value is -2.97. The number of carbonyl (C=O) groups is 3. The van der Waals surface area contributed by atoms with Gasteiger partial charge in [0.2, 0.25) is 6.10 Å². The number of allylic oxidation sites excluding steroid dienone is 1. The third-order valence-corrected chi connectivity index (χ3v) is 4.46. The molecule has 0 aromatic heterocycles. The summed E-state index contributed by atoms with van der Waals surface area (Å²) < 4.78 is 39.1. The highest BCUT2D eigenvalue weighted by Gasteiger charge is 2.38.